The van der Waals surface area contributed by atoms with Gasteiger partial charge in [0.2, 0.25) is 0 Å². The average Bonchev–Trinajstić information content (AvgIpc) is 3.26. The highest BCUT2D eigenvalue weighted by Crippen LogP contribution is 2.29. The van der Waals surface area contributed by atoms with Crippen LogP contribution in [0.3, 0.4) is 0 Å². The molecule has 1 aliphatic heterocycles. The van der Waals surface area contributed by atoms with E-state index in [9.17, 15) is 0 Å². The van der Waals surface area contributed by atoms with Crippen LogP contribution in [0.25, 0.3) is 11.1 Å². The number of likely N-dealkylation sites (N-methyl/N-ethyl adjacent to an activating group) is 1. The number of nitrogens with one attached hydrogen (secondary N) is 1. The van der Waals surface area contributed by atoms with Crippen molar-refractivity contribution in [2.24, 2.45) is 5.73 Å². The van der Waals surface area contributed by atoms with E-state index in [2.05, 4.69) is 76.5 Å². The van der Waals surface area contributed by atoms with Crippen molar-refractivity contribution in [1.82, 2.24) is 20.0 Å². The quantitative estimate of drug-likeness (QED) is 0.691. The third kappa shape index (κ3) is 5.64. The highest BCUT2D eigenvalue weighted by Gasteiger charge is 2.13. The van der Waals surface area contributed by atoms with E-state index in [1.54, 1.807) is 0 Å². The van der Waals surface area contributed by atoms with E-state index < -0.39 is 0 Å². The second kappa shape index (κ2) is 10.4. The SMILES string of the molecule is C/C(=C\C=C/CN1CCN(C)CC1)C(CCN)c1ccc(-c2cn[nH]c2)cc1. The topological polar surface area (TPSA) is 61.2 Å². The molecule has 5 nitrogen and oxygen atoms in total. The van der Waals surface area contributed by atoms with Crippen molar-refractivity contribution in [3.63, 3.8) is 0 Å². The largest absolute Gasteiger partial charge is 0.330 e. The molecule has 1 fully saturated rings. The van der Waals surface area contributed by atoms with E-state index >= 15 is 0 Å². The van der Waals surface area contributed by atoms with Crippen LogP contribution >= 0.6 is 0 Å². The summed E-state index contributed by atoms with van der Waals surface area (Å²) in [7, 11) is 2.19. The lowest BCUT2D eigenvalue weighted by atomic mass is 9.88. The number of H-pyrrole nitrogens is 1. The van der Waals surface area contributed by atoms with Crippen LogP contribution in [-0.2, 0) is 0 Å². The van der Waals surface area contributed by atoms with Crippen LogP contribution in [0.4, 0.5) is 0 Å². The number of hydrogen-bond acceptors (Lipinski definition) is 4. The Bertz CT molecular complexity index is 753. The number of nitrogens with two attached hydrogens (primary N) is 1. The van der Waals surface area contributed by atoms with Crippen LogP contribution in [0.15, 0.2) is 60.5 Å². The molecule has 28 heavy (non-hydrogen) atoms. The van der Waals surface area contributed by atoms with Gasteiger partial charge in [-0.25, -0.2) is 0 Å². The van der Waals surface area contributed by atoms with E-state index in [0.717, 1.165) is 44.7 Å². The Balaban J connectivity index is 1.62. The van der Waals surface area contributed by atoms with Gasteiger partial charge in [-0.1, -0.05) is 48.1 Å². The fraction of sp³-hybridized carbons (Fsp3) is 0.435. The van der Waals surface area contributed by atoms with Gasteiger partial charge in [-0.2, -0.15) is 5.10 Å². The first-order valence-electron chi connectivity index (χ1n) is 10.2. The Hall–Kier alpha value is -2.21. The fourth-order valence-electron chi connectivity index (χ4n) is 3.72. The van der Waals surface area contributed by atoms with Crippen LogP contribution in [0.1, 0.15) is 24.8 Å². The highest BCUT2D eigenvalue weighted by atomic mass is 15.2. The number of rotatable bonds is 8. The molecular weight excluding hydrogens is 346 g/mol. The Morgan fingerprint density at radius 1 is 1.18 bits per heavy atom. The van der Waals surface area contributed by atoms with Gasteiger partial charge in [-0.05, 0) is 38.1 Å². The number of aromatic nitrogens is 2. The molecule has 1 unspecified atom stereocenters. The predicted molar refractivity (Wildman–Crippen MR) is 117 cm³/mol. The maximum Gasteiger partial charge on any atom is 0.0565 e. The highest BCUT2D eigenvalue weighted by molar-refractivity contribution is 5.62. The molecule has 3 N–H and O–H groups in total. The molecule has 150 valence electrons. The molecule has 1 atom stereocenters. The van der Waals surface area contributed by atoms with E-state index in [0.29, 0.717) is 12.5 Å². The average molecular weight is 380 g/mol. The minimum Gasteiger partial charge on any atom is -0.330 e. The smallest absolute Gasteiger partial charge is 0.0565 e. The molecule has 1 aromatic heterocycles. The van der Waals surface area contributed by atoms with Gasteiger partial charge < -0.3 is 10.6 Å². The van der Waals surface area contributed by atoms with Gasteiger partial charge in [-0.3, -0.25) is 10.00 Å². The third-order valence-electron chi connectivity index (χ3n) is 5.60. The van der Waals surface area contributed by atoms with Crippen molar-refractivity contribution in [2.45, 2.75) is 19.3 Å². The third-order valence-corrected chi connectivity index (χ3v) is 5.60. The lowest BCUT2D eigenvalue weighted by Crippen LogP contribution is -2.44. The molecule has 0 aliphatic carbocycles. The zero-order valence-electron chi connectivity index (χ0n) is 17.1. The molecule has 0 saturated carbocycles. The number of benzene rings is 1. The van der Waals surface area contributed by atoms with Gasteiger partial charge in [0, 0.05) is 50.4 Å². The molecule has 2 aromatic rings. The van der Waals surface area contributed by atoms with Gasteiger partial charge in [0.25, 0.3) is 0 Å². The Morgan fingerprint density at radius 2 is 1.93 bits per heavy atom. The molecule has 0 amide bonds. The zero-order valence-corrected chi connectivity index (χ0v) is 17.1. The zero-order chi connectivity index (χ0) is 19.8. The van der Waals surface area contributed by atoms with Crippen LogP contribution in [0.5, 0.6) is 0 Å². The molecular formula is C23H33N5. The van der Waals surface area contributed by atoms with Gasteiger partial charge in [0.15, 0.2) is 0 Å². The van der Waals surface area contributed by atoms with Gasteiger partial charge >= 0.3 is 0 Å². The lowest BCUT2D eigenvalue weighted by molar-refractivity contribution is 0.166. The monoisotopic (exact) mass is 379 g/mol. The summed E-state index contributed by atoms with van der Waals surface area (Å²) in [6.45, 7) is 8.56. The molecule has 2 heterocycles. The van der Waals surface area contributed by atoms with E-state index in [-0.39, 0.29) is 0 Å². The maximum atomic E-state index is 5.91. The van der Waals surface area contributed by atoms with E-state index in [1.807, 2.05) is 12.4 Å². The number of hydrogen-bond donors (Lipinski definition) is 2. The van der Waals surface area contributed by atoms with Crippen molar-refractivity contribution in [3.05, 3.63) is 66.0 Å². The summed E-state index contributed by atoms with van der Waals surface area (Å²) in [5.41, 5.74) is 10.9. The summed E-state index contributed by atoms with van der Waals surface area (Å²) in [5, 5.41) is 6.90. The number of aromatic amines is 1. The number of nitrogens with zero attached hydrogens (tertiary/aromatic N) is 3. The molecule has 1 aliphatic rings. The second-order valence-electron chi connectivity index (χ2n) is 7.68. The Labute approximate surface area is 168 Å². The summed E-state index contributed by atoms with van der Waals surface area (Å²) in [6, 6.07) is 8.77. The predicted octanol–water partition coefficient (Wildman–Crippen LogP) is 3.26. The van der Waals surface area contributed by atoms with Crippen molar-refractivity contribution in [1.29, 1.82) is 0 Å². The lowest BCUT2D eigenvalue weighted by Gasteiger charge is -2.31. The molecule has 5 heteroatoms. The fourth-order valence-corrected chi connectivity index (χ4v) is 3.72. The second-order valence-corrected chi connectivity index (χ2v) is 7.68. The molecule has 0 bridgehead atoms. The molecule has 3 rings (SSSR count). The normalized spacial score (nSPS) is 18.0. The summed E-state index contributed by atoms with van der Waals surface area (Å²) in [6.07, 6.45) is 11.5. The van der Waals surface area contributed by atoms with Crippen molar-refractivity contribution >= 4 is 0 Å². The summed E-state index contributed by atoms with van der Waals surface area (Å²) < 4.78 is 0. The summed E-state index contributed by atoms with van der Waals surface area (Å²) in [4.78, 5) is 4.89. The number of allylic oxidation sites excluding steroid dienone is 3. The van der Waals surface area contributed by atoms with E-state index in [1.165, 1.54) is 16.7 Å². The first kappa shape index (κ1) is 20.5. The first-order chi connectivity index (χ1) is 13.7. The maximum absolute atomic E-state index is 5.91. The van der Waals surface area contributed by atoms with Gasteiger partial charge in [-0.15, -0.1) is 0 Å². The minimum absolute atomic E-state index is 0.358. The Kier molecular flexibility index (Phi) is 7.60. The molecule has 0 radical (unpaired) electrons. The molecule has 1 aromatic carbocycles. The molecule has 1 saturated heterocycles. The summed E-state index contributed by atoms with van der Waals surface area (Å²) >= 11 is 0. The van der Waals surface area contributed by atoms with Crippen molar-refractivity contribution < 1.29 is 0 Å². The van der Waals surface area contributed by atoms with Crippen molar-refractivity contribution in [3.8, 4) is 11.1 Å². The van der Waals surface area contributed by atoms with Crippen LogP contribution in [0, 0.1) is 0 Å². The van der Waals surface area contributed by atoms with Gasteiger partial charge in [0.05, 0.1) is 6.20 Å². The molecule has 0 spiro atoms. The van der Waals surface area contributed by atoms with Crippen LogP contribution in [-0.4, -0.2) is 66.3 Å². The van der Waals surface area contributed by atoms with Crippen LogP contribution < -0.4 is 5.73 Å². The van der Waals surface area contributed by atoms with Crippen molar-refractivity contribution in [2.75, 3.05) is 46.3 Å². The number of piperazine rings is 1. The summed E-state index contributed by atoms with van der Waals surface area (Å²) in [5.74, 6) is 0.358. The minimum atomic E-state index is 0.358. The first-order valence-corrected chi connectivity index (χ1v) is 10.2. The van der Waals surface area contributed by atoms with E-state index in [4.69, 9.17) is 5.73 Å². The Morgan fingerprint density at radius 3 is 2.57 bits per heavy atom. The van der Waals surface area contributed by atoms with Crippen LogP contribution in [0.2, 0.25) is 0 Å². The standard InChI is InChI=1S/C23H33N5/c1-19(5-3-4-12-28-15-13-27(2)14-16-28)23(10-11-24)21-8-6-20(7-9-21)22-17-25-26-18-22/h3-9,17-18,23H,10-16,24H2,1-2H3,(H,25,26)/b4-3-,19-5+. The van der Waals surface area contributed by atoms with Gasteiger partial charge in [0.1, 0.15) is 0 Å².